The average molecular weight is 227 g/mol. The molecule has 0 aromatic carbocycles. The van der Waals surface area contributed by atoms with Gasteiger partial charge in [-0.3, -0.25) is 0 Å². The SMILES string of the molecule is O=C(N[C@H]1CCCNC1)N1CCC(O)CC1. The number of hydrogen-bond donors (Lipinski definition) is 3. The van der Waals surface area contributed by atoms with Crippen LogP contribution in [0, 0.1) is 0 Å². The zero-order chi connectivity index (χ0) is 11.4. The molecule has 5 nitrogen and oxygen atoms in total. The van der Waals surface area contributed by atoms with E-state index in [1.807, 2.05) is 0 Å². The van der Waals surface area contributed by atoms with Crippen LogP contribution in [0.5, 0.6) is 0 Å². The van der Waals surface area contributed by atoms with Gasteiger partial charge in [-0.2, -0.15) is 0 Å². The highest BCUT2D eigenvalue weighted by atomic mass is 16.3. The number of urea groups is 1. The van der Waals surface area contributed by atoms with E-state index in [0.29, 0.717) is 25.9 Å². The first kappa shape index (κ1) is 11.7. The number of likely N-dealkylation sites (tertiary alicyclic amines) is 1. The largest absolute Gasteiger partial charge is 0.393 e. The molecule has 2 heterocycles. The number of piperidine rings is 2. The Bertz CT molecular complexity index is 233. The molecular formula is C11H21N3O2. The maximum absolute atomic E-state index is 11.9. The molecule has 3 N–H and O–H groups in total. The highest BCUT2D eigenvalue weighted by Crippen LogP contribution is 2.10. The lowest BCUT2D eigenvalue weighted by Gasteiger charge is -2.32. The molecule has 0 aliphatic carbocycles. The van der Waals surface area contributed by atoms with Crippen molar-refractivity contribution in [2.45, 2.75) is 37.8 Å². The van der Waals surface area contributed by atoms with Gasteiger partial charge in [0.1, 0.15) is 0 Å². The number of nitrogens with zero attached hydrogens (tertiary/aromatic N) is 1. The Morgan fingerprint density at radius 3 is 2.69 bits per heavy atom. The van der Waals surface area contributed by atoms with Gasteiger partial charge in [0, 0.05) is 25.7 Å². The van der Waals surface area contributed by atoms with E-state index in [1.54, 1.807) is 4.90 Å². The van der Waals surface area contributed by atoms with Gasteiger partial charge in [-0.1, -0.05) is 0 Å². The van der Waals surface area contributed by atoms with E-state index in [2.05, 4.69) is 10.6 Å². The van der Waals surface area contributed by atoms with Gasteiger partial charge >= 0.3 is 6.03 Å². The summed E-state index contributed by atoms with van der Waals surface area (Å²) < 4.78 is 0. The lowest BCUT2D eigenvalue weighted by atomic mass is 10.1. The molecule has 0 saturated carbocycles. The van der Waals surface area contributed by atoms with Gasteiger partial charge in [0.05, 0.1) is 6.10 Å². The number of rotatable bonds is 1. The molecule has 0 radical (unpaired) electrons. The number of carbonyl (C=O) groups excluding carboxylic acids is 1. The van der Waals surface area contributed by atoms with Crippen molar-refractivity contribution in [3.8, 4) is 0 Å². The molecule has 2 amide bonds. The van der Waals surface area contributed by atoms with Crippen LogP contribution in [0.15, 0.2) is 0 Å². The predicted octanol–water partition coefficient (Wildman–Crippen LogP) is -0.0953. The number of carbonyl (C=O) groups is 1. The molecule has 5 heteroatoms. The Kier molecular flexibility index (Phi) is 4.01. The predicted molar refractivity (Wildman–Crippen MR) is 61.2 cm³/mol. The number of aliphatic hydroxyl groups is 1. The summed E-state index contributed by atoms with van der Waals surface area (Å²) in [4.78, 5) is 13.7. The second-order valence-electron chi connectivity index (χ2n) is 4.71. The molecule has 2 fully saturated rings. The lowest BCUT2D eigenvalue weighted by molar-refractivity contribution is 0.0925. The maximum atomic E-state index is 11.9. The molecule has 0 unspecified atom stereocenters. The van der Waals surface area contributed by atoms with Crippen LogP contribution in [-0.2, 0) is 0 Å². The maximum Gasteiger partial charge on any atom is 0.317 e. The number of aliphatic hydroxyl groups excluding tert-OH is 1. The summed E-state index contributed by atoms with van der Waals surface area (Å²) in [6.45, 7) is 3.28. The summed E-state index contributed by atoms with van der Waals surface area (Å²) in [5.74, 6) is 0. The molecule has 1 atom stereocenters. The molecule has 92 valence electrons. The van der Waals surface area contributed by atoms with E-state index in [9.17, 15) is 9.90 Å². The zero-order valence-corrected chi connectivity index (χ0v) is 9.61. The van der Waals surface area contributed by atoms with Crippen LogP contribution in [0.2, 0.25) is 0 Å². The van der Waals surface area contributed by atoms with Crippen LogP contribution < -0.4 is 10.6 Å². The van der Waals surface area contributed by atoms with Crippen molar-refractivity contribution in [1.82, 2.24) is 15.5 Å². The van der Waals surface area contributed by atoms with Crippen molar-refractivity contribution in [2.75, 3.05) is 26.2 Å². The minimum Gasteiger partial charge on any atom is -0.393 e. The fourth-order valence-electron chi connectivity index (χ4n) is 2.31. The van der Waals surface area contributed by atoms with Gasteiger partial charge in [0.2, 0.25) is 0 Å². The molecule has 2 rings (SSSR count). The summed E-state index contributed by atoms with van der Waals surface area (Å²) in [6.07, 6.45) is 3.38. The minimum absolute atomic E-state index is 0.0283. The monoisotopic (exact) mass is 227 g/mol. The number of hydrogen-bond acceptors (Lipinski definition) is 3. The summed E-state index contributed by atoms with van der Waals surface area (Å²) >= 11 is 0. The molecule has 0 spiro atoms. The van der Waals surface area contributed by atoms with Gasteiger partial charge < -0.3 is 20.6 Å². The third-order valence-electron chi connectivity index (χ3n) is 3.38. The minimum atomic E-state index is -0.222. The van der Waals surface area contributed by atoms with Gasteiger partial charge in [0.15, 0.2) is 0 Å². The molecular weight excluding hydrogens is 206 g/mol. The van der Waals surface area contributed by atoms with E-state index in [4.69, 9.17) is 0 Å². The van der Waals surface area contributed by atoms with Crippen LogP contribution in [0.4, 0.5) is 4.79 Å². The standard InChI is InChI=1S/C11H21N3O2/c15-10-3-6-14(7-4-10)11(16)13-9-2-1-5-12-8-9/h9-10,12,15H,1-8H2,(H,13,16)/t9-/m0/s1. The Morgan fingerprint density at radius 1 is 1.31 bits per heavy atom. The summed E-state index contributed by atoms with van der Waals surface area (Å²) in [5, 5.41) is 15.7. The third-order valence-corrected chi connectivity index (χ3v) is 3.38. The third kappa shape index (κ3) is 3.09. The summed E-state index contributed by atoms with van der Waals surface area (Å²) in [5.41, 5.74) is 0. The van der Waals surface area contributed by atoms with Crippen molar-refractivity contribution >= 4 is 6.03 Å². The fraction of sp³-hybridized carbons (Fsp3) is 0.909. The van der Waals surface area contributed by atoms with E-state index in [0.717, 1.165) is 25.9 Å². The normalized spacial score (nSPS) is 27.8. The smallest absolute Gasteiger partial charge is 0.317 e. The van der Waals surface area contributed by atoms with E-state index < -0.39 is 0 Å². The Hall–Kier alpha value is -0.810. The van der Waals surface area contributed by atoms with Crippen LogP contribution in [0.1, 0.15) is 25.7 Å². The van der Waals surface area contributed by atoms with Crippen molar-refractivity contribution in [3.05, 3.63) is 0 Å². The van der Waals surface area contributed by atoms with Crippen molar-refractivity contribution in [1.29, 1.82) is 0 Å². The quantitative estimate of drug-likeness (QED) is 0.586. The first-order valence-electron chi connectivity index (χ1n) is 6.20. The average Bonchev–Trinajstić information content (AvgIpc) is 2.31. The molecule has 16 heavy (non-hydrogen) atoms. The van der Waals surface area contributed by atoms with Gasteiger partial charge in [0.25, 0.3) is 0 Å². The number of nitrogens with one attached hydrogen (secondary N) is 2. The highest BCUT2D eigenvalue weighted by molar-refractivity contribution is 5.74. The van der Waals surface area contributed by atoms with Gasteiger partial charge in [-0.05, 0) is 32.2 Å². The van der Waals surface area contributed by atoms with E-state index in [1.165, 1.54) is 0 Å². The molecule has 0 bridgehead atoms. The van der Waals surface area contributed by atoms with Gasteiger partial charge in [-0.15, -0.1) is 0 Å². The fourth-order valence-corrected chi connectivity index (χ4v) is 2.31. The summed E-state index contributed by atoms with van der Waals surface area (Å²) in [6, 6.07) is 0.300. The Balaban J connectivity index is 1.74. The second kappa shape index (κ2) is 5.50. The number of amides is 2. The second-order valence-corrected chi connectivity index (χ2v) is 4.71. The molecule has 0 aromatic heterocycles. The van der Waals surface area contributed by atoms with Crippen LogP contribution in [0.25, 0.3) is 0 Å². The van der Waals surface area contributed by atoms with Crippen molar-refractivity contribution in [2.24, 2.45) is 0 Å². The summed E-state index contributed by atoms with van der Waals surface area (Å²) in [7, 11) is 0. The van der Waals surface area contributed by atoms with Crippen LogP contribution in [0.3, 0.4) is 0 Å². The first-order chi connectivity index (χ1) is 7.75. The van der Waals surface area contributed by atoms with Crippen molar-refractivity contribution < 1.29 is 9.90 Å². The lowest BCUT2D eigenvalue weighted by Crippen LogP contribution is -2.52. The first-order valence-corrected chi connectivity index (χ1v) is 6.20. The highest BCUT2D eigenvalue weighted by Gasteiger charge is 2.23. The van der Waals surface area contributed by atoms with Crippen molar-refractivity contribution in [3.63, 3.8) is 0 Å². The van der Waals surface area contributed by atoms with Crippen LogP contribution in [-0.4, -0.2) is 54.4 Å². The molecule has 2 aliphatic rings. The van der Waals surface area contributed by atoms with E-state index >= 15 is 0 Å². The van der Waals surface area contributed by atoms with Gasteiger partial charge in [-0.25, -0.2) is 4.79 Å². The zero-order valence-electron chi connectivity index (χ0n) is 9.61. The topological polar surface area (TPSA) is 64.6 Å². The van der Waals surface area contributed by atoms with Crippen LogP contribution >= 0.6 is 0 Å². The molecule has 2 aliphatic heterocycles. The molecule has 2 saturated heterocycles. The Morgan fingerprint density at radius 2 is 2.06 bits per heavy atom. The molecule has 0 aromatic rings. The Labute approximate surface area is 96.2 Å². The van der Waals surface area contributed by atoms with E-state index in [-0.39, 0.29) is 18.2 Å².